The number of halogens is 2. The van der Waals surface area contributed by atoms with Gasteiger partial charge in [-0.05, 0) is 35.2 Å². The lowest BCUT2D eigenvalue weighted by Gasteiger charge is -2.21. The summed E-state index contributed by atoms with van der Waals surface area (Å²) in [5.41, 5.74) is 1.18. The maximum atomic E-state index is 12.7. The third-order valence-corrected chi connectivity index (χ3v) is 5.85. The molecule has 4 nitrogen and oxygen atoms in total. The maximum absolute atomic E-state index is 12.7. The van der Waals surface area contributed by atoms with Gasteiger partial charge in [0.05, 0.1) is 22.8 Å². The van der Waals surface area contributed by atoms with Crippen LogP contribution in [0.3, 0.4) is 0 Å². The second kappa shape index (κ2) is 6.82. The predicted molar refractivity (Wildman–Crippen MR) is 99.0 cm³/mol. The number of methoxy groups -OCH3 is 1. The van der Waals surface area contributed by atoms with Crippen molar-refractivity contribution in [2.75, 3.05) is 11.8 Å². The lowest BCUT2D eigenvalue weighted by atomic mass is 9.87. The van der Waals surface area contributed by atoms with Crippen LogP contribution in [0.25, 0.3) is 0 Å². The average Bonchev–Trinajstić information content (AvgIpc) is 2.48. The summed E-state index contributed by atoms with van der Waals surface area (Å²) in [7, 11) is -2.43. The van der Waals surface area contributed by atoms with E-state index >= 15 is 0 Å². The van der Waals surface area contributed by atoms with Gasteiger partial charge in [-0.3, -0.25) is 4.72 Å². The number of hydrogen-bond acceptors (Lipinski definition) is 3. The van der Waals surface area contributed by atoms with Crippen molar-refractivity contribution >= 4 is 38.9 Å². The van der Waals surface area contributed by atoms with Gasteiger partial charge in [-0.1, -0.05) is 56.1 Å². The van der Waals surface area contributed by atoms with Gasteiger partial charge in [-0.2, -0.15) is 0 Å². The molecule has 2 aromatic rings. The second-order valence-corrected chi connectivity index (χ2v) is 8.76. The largest absolute Gasteiger partial charge is 0.495 e. The monoisotopic (exact) mass is 387 g/mol. The van der Waals surface area contributed by atoms with E-state index in [0.717, 1.165) is 5.56 Å². The Kier molecular flexibility index (Phi) is 5.37. The van der Waals surface area contributed by atoms with Gasteiger partial charge in [-0.15, -0.1) is 0 Å². The van der Waals surface area contributed by atoms with Crippen LogP contribution in [0, 0.1) is 0 Å². The van der Waals surface area contributed by atoms with Gasteiger partial charge in [-0.25, -0.2) is 8.42 Å². The van der Waals surface area contributed by atoms with Crippen LogP contribution < -0.4 is 9.46 Å². The molecule has 0 amide bonds. The zero-order valence-corrected chi connectivity index (χ0v) is 16.2. The summed E-state index contributed by atoms with van der Waals surface area (Å²) in [5, 5.41) is 0.160. The predicted octanol–water partition coefficient (Wildman–Crippen LogP) is 5.10. The fourth-order valence-corrected chi connectivity index (χ4v) is 3.97. The molecule has 0 spiro atoms. The number of nitrogens with one attached hydrogen (secondary N) is 1. The molecular weight excluding hydrogens is 369 g/mol. The first kappa shape index (κ1) is 18.9. The number of rotatable bonds is 4. The first-order valence-corrected chi connectivity index (χ1v) is 9.45. The van der Waals surface area contributed by atoms with E-state index in [4.69, 9.17) is 27.9 Å². The van der Waals surface area contributed by atoms with Gasteiger partial charge >= 0.3 is 0 Å². The normalized spacial score (nSPS) is 12.1. The van der Waals surface area contributed by atoms with E-state index in [9.17, 15) is 8.42 Å². The first-order valence-electron chi connectivity index (χ1n) is 7.21. The molecule has 0 radical (unpaired) electrons. The molecule has 0 fully saturated rings. The Morgan fingerprint density at radius 2 is 1.75 bits per heavy atom. The third kappa shape index (κ3) is 3.97. The summed E-state index contributed by atoms with van der Waals surface area (Å²) < 4.78 is 33.2. The zero-order chi connectivity index (χ0) is 18.1. The van der Waals surface area contributed by atoms with Gasteiger partial charge in [0, 0.05) is 0 Å². The van der Waals surface area contributed by atoms with E-state index in [0.29, 0.717) is 11.4 Å². The Labute approximate surface area is 152 Å². The Morgan fingerprint density at radius 3 is 2.33 bits per heavy atom. The van der Waals surface area contributed by atoms with E-state index in [2.05, 4.69) is 4.72 Å². The van der Waals surface area contributed by atoms with Crippen molar-refractivity contribution < 1.29 is 13.2 Å². The number of benzene rings is 2. The smallest absolute Gasteiger partial charge is 0.263 e. The molecule has 0 aliphatic carbocycles. The Bertz CT molecular complexity index is 859. The van der Waals surface area contributed by atoms with Crippen LogP contribution in [0.15, 0.2) is 41.3 Å². The minimum atomic E-state index is -3.91. The Balaban J connectivity index is 2.51. The molecule has 0 aliphatic rings. The fourth-order valence-electron chi connectivity index (χ4n) is 2.15. The molecule has 2 rings (SSSR count). The minimum absolute atomic E-state index is 0.0161. The van der Waals surface area contributed by atoms with Crippen molar-refractivity contribution in [3.8, 4) is 5.75 Å². The molecule has 130 valence electrons. The van der Waals surface area contributed by atoms with Crippen LogP contribution >= 0.6 is 23.2 Å². The van der Waals surface area contributed by atoms with Crippen molar-refractivity contribution in [2.24, 2.45) is 0 Å². The molecule has 0 bridgehead atoms. The molecule has 24 heavy (non-hydrogen) atoms. The number of sulfonamides is 1. The standard InChI is InChI=1S/C17H19Cl2NO3S/c1-17(2,3)11-8-9-14(23-4)13(10-11)20-24(21,22)15-7-5-6-12(18)16(15)19/h5-10,20H,1-4H3. The van der Waals surface area contributed by atoms with Crippen LogP contribution in [-0.4, -0.2) is 15.5 Å². The van der Waals surface area contributed by atoms with Crippen LogP contribution in [0.5, 0.6) is 5.75 Å². The Hall–Kier alpha value is -1.43. The van der Waals surface area contributed by atoms with E-state index < -0.39 is 10.0 Å². The molecule has 1 N–H and O–H groups in total. The van der Waals surface area contributed by atoms with E-state index in [1.165, 1.54) is 25.3 Å². The second-order valence-electron chi connectivity index (χ2n) is 6.32. The summed E-state index contributed by atoms with van der Waals surface area (Å²) in [6, 6.07) is 9.86. The zero-order valence-electron chi connectivity index (χ0n) is 13.9. The summed E-state index contributed by atoms with van der Waals surface area (Å²) in [4.78, 5) is -0.0834. The molecular formula is C17H19Cl2NO3S. The van der Waals surface area contributed by atoms with Gasteiger partial charge in [0.1, 0.15) is 10.6 Å². The van der Waals surface area contributed by atoms with Gasteiger partial charge in [0.2, 0.25) is 0 Å². The molecule has 7 heteroatoms. The molecule has 0 saturated carbocycles. The number of anilines is 1. The van der Waals surface area contributed by atoms with E-state index in [1.54, 1.807) is 12.1 Å². The lowest BCUT2D eigenvalue weighted by Crippen LogP contribution is -2.16. The SMILES string of the molecule is COc1ccc(C(C)(C)C)cc1NS(=O)(=O)c1cccc(Cl)c1Cl. The quantitative estimate of drug-likeness (QED) is 0.793. The fraction of sp³-hybridized carbons (Fsp3) is 0.294. The van der Waals surface area contributed by atoms with E-state index in [-0.39, 0.29) is 20.4 Å². The highest BCUT2D eigenvalue weighted by molar-refractivity contribution is 7.92. The van der Waals surface area contributed by atoms with Crippen LogP contribution in [0.4, 0.5) is 5.69 Å². The molecule has 0 saturated heterocycles. The molecule has 0 unspecified atom stereocenters. The topological polar surface area (TPSA) is 55.4 Å². The van der Waals surface area contributed by atoms with Crippen molar-refractivity contribution in [3.05, 3.63) is 52.0 Å². The number of hydrogen-bond donors (Lipinski definition) is 1. The van der Waals surface area contributed by atoms with Gasteiger partial charge in [0.15, 0.2) is 0 Å². The summed E-state index contributed by atoms with van der Waals surface area (Å²) in [6.07, 6.45) is 0. The van der Waals surface area contributed by atoms with Crippen molar-refractivity contribution in [3.63, 3.8) is 0 Å². The highest BCUT2D eigenvalue weighted by Gasteiger charge is 2.23. The summed E-state index contributed by atoms with van der Waals surface area (Å²) in [5.74, 6) is 0.421. The van der Waals surface area contributed by atoms with Crippen molar-refractivity contribution in [1.82, 2.24) is 0 Å². The molecule has 0 aliphatic heterocycles. The van der Waals surface area contributed by atoms with Crippen LogP contribution in [-0.2, 0) is 15.4 Å². The van der Waals surface area contributed by atoms with Gasteiger partial charge < -0.3 is 4.74 Å². The van der Waals surface area contributed by atoms with Crippen molar-refractivity contribution in [2.45, 2.75) is 31.1 Å². The highest BCUT2D eigenvalue weighted by atomic mass is 35.5. The third-order valence-electron chi connectivity index (χ3n) is 3.52. The van der Waals surface area contributed by atoms with Crippen molar-refractivity contribution in [1.29, 1.82) is 0 Å². The summed E-state index contributed by atoms with van der Waals surface area (Å²) >= 11 is 12.0. The highest BCUT2D eigenvalue weighted by Crippen LogP contribution is 2.35. The lowest BCUT2D eigenvalue weighted by molar-refractivity contribution is 0.416. The molecule has 0 heterocycles. The molecule has 0 aromatic heterocycles. The minimum Gasteiger partial charge on any atom is -0.495 e. The average molecular weight is 388 g/mol. The van der Waals surface area contributed by atoms with Gasteiger partial charge in [0.25, 0.3) is 10.0 Å². The van der Waals surface area contributed by atoms with E-state index in [1.807, 2.05) is 26.8 Å². The summed E-state index contributed by atoms with van der Waals surface area (Å²) in [6.45, 7) is 6.13. The van der Waals surface area contributed by atoms with Crippen LogP contribution in [0.2, 0.25) is 10.0 Å². The first-order chi connectivity index (χ1) is 11.1. The maximum Gasteiger partial charge on any atom is 0.263 e. The number of ether oxygens (including phenoxy) is 1. The molecule has 2 aromatic carbocycles. The van der Waals surface area contributed by atoms with Crippen LogP contribution in [0.1, 0.15) is 26.3 Å². The Morgan fingerprint density at radius 1 is 1.08 bits per heavy atom. The molecule has 0 atom stereocenters.